The lowest BCUT2D eigenvalue weighted by molar-refractivity contribution is -0.187. The number of nitrogens with one attached hydrogen (secondary N) is 1. The molecule has 0 radical (unpaired) electrons. The van der Waals surface area contributed by atoms with Gasteiger partial charge in [0.2, 0.25) is 0 Å². The van der Waals surface area contributed by atoms with Crippen molar-refractivity contribution in [1.82, 2.24) is 10.2 Å². The lowest BCUT2D eigenvalue weighted by atomic mass is 9.96. The highest BCUT2D eigenvalue weighted by atomic mass is 19.4. The molecule has 0 bridgehead atoms. The molecule has 6 nitrogen and oxygen atoms in total. The number of alkyl halides is 3. The predicted molar refractivity (Wildman–Crippen MR) is 77.4 cm³/mol. The van der Waals surface area contributed by atoms with Crippen LogP contribution in [0.25, 0.3) is 0 Å². The van der Waals surface area contributed by atoms with E-state index in [0.29, 0.717) is 5.56 Å². The maximum Gasteiger partial charge on any atom is 0.394 e. The molecule has 1 aromatic rings. The second kappa shape index (κ2) is 7.16. The lowest BCUT2D eigenvalue weighted by Crippen LogP contribution is -2.39. The van der Waals surface area contributed by atoms with Gasteiger partial charge in [0, 0.05) is 19.6 Å². The van der Waals surface area contributed by atoms with Gasteiger partial charge in [0.25, 0.3) is 0 Å². The van der Waals surface area contributed by atoms with Crippen LogP contribution < -0.4 is 10.1 Å². The molecular formula is C15H16F4N2O4. The van der Waals surface area contributed by atoms with Crippen molar-refractivity contribution in [3.05, 3.63) is 29.6 Å². The Morgan fingerprint density at radius 3 is 2.52 bits per heavy atom. The highest BCUT2D eigenvalue weighted by Gasteiger charge is 2.53. The molecule has 2 N–H and O–H groups in total. The molecule has 0 aliphatic carbocycles. The fourth-order valence-corrected chi connectivity index (χ4v) is 2.66. The Balaban J connectivity index is 1.99. The van der Waals surface area contributed by atoms with Crippen molar-refractivity contribution in [2.75, 3.05) is 20.2 Å². The van der Waals surface area contributed by atoms with Crippen LogP contribution in [0.3, 0.4) is 0 Å². The predicted octanol–water partition coefficient (Wildman–Crippen LogP) is 2.24. The molecule has 0 unspecified atom stereocenters. The zero-order chi connectivity index (χ0) is 18.8. The molecule has 1 saturated heterocycles. The van der Waals surface area contributed by atoms with Gasteiger partial charge >= 0.3 is 18.2 Å². The number of urea groups is 1. The van der Waals surface area contributed by atoms with Gasteiger partial charge in [-0.1, -0.05) is 6.07 Å². The average Bonchev–Trinajstić information content (AvgIpc) is 2.98. The molecule has 1 aromatic carbocycles. The number of aliphatic carboxylic acids is 1. The standard InChI is InChI=1S/C15H16F4N2O4/c1-25-12-3-2-8(4-11(12)16)5-20-14(24)21-6-9(13(22)23)10(7-21)15(17,18)19/h2-4,9-10H,5-7H2,1H3,(H,20,24)(H,22,23)/t9-,10-/m1/s1. The van der Waals surface area contributed by atoms with Crippen molar-refractivity contribution in [2.24, 2.45) is 11.8 Å². The van der Waals surface area contributed by atoms with Gasteiger partial charge in [0.05, 0.1) is 18.9 Å². The largest absolute Gasteiger partial charge is 0.494 e. The van der Waals surface area contributed by atoms with E-state index in [1.165, 1.54) is 19.2 Å². The molecule has 138 valence electrons. The van der Waals surface area contributed by atoms with Gasteiger partial charge in [-0.15, -0.1) is 0 Å². The van der Waals surface area contributed by atoms with Crippen LogP contribution in [-0.2, 0) is 11.3 Å². The van der Waals surface area contributed by atoms with Gasteiger partial charge in [0.1, 0.15) is 0 Å². The normalized spacial score (nSPS) is 20.4. The van der Waals surface area contributed by atoms with Crippen LogP contribution in [0, 0.1) is 17.7 Å². The summed E-state index contributed by atoms with van der Waals surface area (Å²) in [7, 11) is 1.29. The van der Waals surface area contributed by atoms with E-state index in [4.69, 9.17) is 9.84 Å². The number of likely N-dealkylation sites (tertiary alicyclic amines) is 1. The summed E-state index contributed by atoms with van der Waals surface area (Å²) in [6.07, 6.45) is -4.71. The summed E-state index contributed by atoms with van der Waals surface area (Å²) < 4.78 is 57.0. The molecule has 1 aliphatic heterocycles. The number of carboxylic acids is 1. The molecule has 10 heteroatoms. The third-order valence-electron chi connectivity index (χ3n) is 4.00. The summed E-state index contributed by atoms with van der Waals surface area (Å²) in [4.78, 5) is 23.8. The summed E-state index contributed by atoms with van der Waals surface area (Å²) in [5.41, 5.74) is 0.382. The van der Waals surface area contributed by atoms with Gasteiger partial charge in [-0.3, -0.25) is 4.79 Å². The Morgan fingerprint density at radius 2 is 2.04 bits per heavy atom. The molecule has 0 spiro atoms. The zero-order valence-corrected chi connectivity index (χ0v) is 13.1. The summed E-state index contributed by atoms with van der Waals surface area (Å²) >= 11 is 0. The van der Waals surface area contributed by atoms with Crippen molar-refractivity contribution >= 4 is 12.0 Å². The summed E-state index contributed by atoms with van der Waals surface area (Å²) in [5.74, 6) is -6.04. The number of carbonyl (C=O) groups excluding carboxylic acids is 1. The molecule has 2 amide bonds. The van der Waals surface area contributed by atoms with E-state index >= 15 is 0 Å². The Morgan fingerprint density at radius 1 is 1.36 bits per heavy atom. The summed E-state index contributed by atoms with van der Waals surface area (Å²) in [6, 6.07) is 3.13. The fourth-order valence-electron chi connectivity index (χ4n) is 2.66. The number of carboxylic acid groups (broad SMARTS) is 1. The summed E-state index contributed by atoms with van der Waals surface area (Å²) in [6.45, 7) is -1.39. The third kappa shape index (κ3) is 4.31. The van der Waals surface area contributed by atoms with Crippen molar-refractivity contribution in [3.63, 3.8) is 0 Å². The van der Waals surface area contributed by atoms with Crippen LogP contribution >= 0.6 is 0 Å². The van der Waals surface area contributed by atoms with E-state index < -0.39 is 48.9 Å². The number of rotatable bonds is 4. The lowest BCUT2D eigenvalue weighted by Gasteiger charge is -2.18. The first kappa shape index (κ1) is 18.8. The van der Waals surface area contributed by atoms with Crippen LogP contribution in [0.5, 0.6) is 5.75 Å². The van der Waals surface area contributed by atoms with Crippen molar-refractivity contribution in [2.45, 2.75) is 12.7 Å². The number of nitrogens with zero attached hydrogens (tertiary/aromatic N) is 1. The molecule has 1 fully saturated rings. The van der Waals surface area contributed by atoms with E-state index in [2.05, 4.69) is 5.32 Å². The molecular weight excluding hydrogens is 348 g/mol. The third-order valence-corrected chi connectivity index (χ3v) is 4.00. The minimum absolute atomic E-state index is 0.0203. The molecule has 1 aliphatic rings. The number of hydrogen-bond acceptors (Lipinski definition) is 3. The van der Waals surface area contributed by atoms with Crippen LogP contribution in [0.15, 0.2) is 18.2 Å². The van der Waals surface area contributed by atoms with Gasteiger partial charge in [-0.05, 0) is 17.7 Å². The second-order valence-corrected chi connectivity index (χ2v) is 5.63. The first-order valence-corrected chi connectivity index (χ1v) is 7.28. The Bertz CT molecular complexity index is 665. The summed E-state index contributed by atoms with van der Waals surface area (Å²) in [5, 5.41) is 11.3. The zero-order valence-electron chi connectivity index (χ0n) is 13.1. The molecule has 1 heterocycles. The number of hydrogen-bond donors (Lipinski definition) is 2. The Labute approximate surface area is 140 Å². The van der Waals surface area contributed by atoms with Crippen molar-refractivity contribution in [3.8, 4) is 5.75 Å². The maximum absolute atomic E-state index is 13.6. The van der Waals surface area contributed by atoms with Crippen molar-refractivity contribution in [1.29, 1.82) is 0 Å². The second-order valence-electron chi connectivity index (χ2n) is 5.63. The number of ether oxygens (including phenoxy) is 1. The van der Waals surface area contributed by atoms with E-state index in [1.807, 2.05) is 0 Å². The highest BCUT2D eigenvalue weighted by Crippen LogP contribution is 2.37. The molecule has 0 saturated carbocycles. The number of amides is 2. The minimum atomic E-state index is -4.71. The first-order valence-electron chi connectivity index (χ1n) is 7.28. The first-order chi connectivity index (χ1) is 11.6. The monoisotopic (exact) mass is 364 g/mol. The highest BCUT2D eigenvalue weighted by molar-refractivity contribution is 5.77. The molecule has 0 aromatic heterocycles. The minimum Gasteiger partial charge on any atom is -0.494 e. The van der Waals surface area contributed by atoms with E-state index in [1.54, 1.807) is 0 Å². The van der Waals surface area contributed by atoms with Crippen LogP contribution in [0.4, 0.5) is 22.4 Å². The van der Waals surface area contributed by atoms with Crippen LogP contribution in [0.2, 0.25) is 0 Å². The SMILES string of the molecule is COc1ccc(CNC(=O)N2C[C@@H](C(F)(F)F)[C@H](C(=O)O)C2)cc1F. The van der Waals surface area contributed by atoms with E-state index in [0.717, 1.165) is 11.0 Å². The maximum atomic E-state index is 13.6. The molecule has 2 rings (SSSR count). The van der Waals surface area contributed by atoms with Crippen LogP contribution in [0.1, 0.15) is 5.56 Å². The van der Waals surface area contributed by atoms with Crippen LogP contribution in [-0.4, -0.2) is 48.4 Å². The Hall–Kier alpha value is -2.52. The average molecular weight is 364 g/mol. The van der Waals surface area contributed by atoms with Crippen molar-refractivity contribution < 1.29 is 37.0 Å². The van der Waals surface area contributed by atoms with E-state index in [-0.39, 0.29) is 12.3 Å². The number of benzene rings is 1. The van der Waals surface area contributed by atoms with Gasteiger partial charge < -0.3 is 20.1 Å². The topological polar surface area (TPSA) is 78.9 Å². The molecule has 25 heavy (non-hydrogen) atoms. The number of halogens is 4. The molecule has 2 atom stereocenters. The quantitative estimate of drug-likeness (QED) is 0.804. The smallest absolute Gasteiger partial charge is 0.394 e. The fraction of sp³-hybridized carbons (Fsp3) is 0.467. The van der Waals surface area contributed by atoms with Gasteiger partial charge in [-0.25, -0.2) is 9.18 Å². The van der Waals surface area contributed by atoms with E-state index in [9.17, 15) is 27.2 Å². The number of methoxy groups -OCH3 is 1. The van der Waals surface area contributed by atoms with Gasteiger partial charge in [0.15, 0.2) is 11.6 Å². The Kier molecular flexibility index (Phi) is 5.39. The van der Waals surface area contributed by atoms with Gasteiger partial charge in [-0.2, -0.15) is 13.2 Å². The number of carbonyl (C=O) groups is 2.